The van der Waals surface area contributed by atoms with E-state index in [0.717, 1.165) is 30.3 Å². The second-order valence-corrected chi connectivity index (χ2v) is 4.19. The maximum atomic E-state index is 13.4. The molecule has 2 aromatic carbocycles. The second kappa shape index (κ2) is 6.13. The molecule has 8 nitrogen and oxygen atoms in total. The number of halogens is 2. The molecule has 0 bridgehead atoms. The molecule has 0 fully saturated rings. The first kappa shape index (κ1) is 15.9. The molecule has 0 aliphatic rings. The highest BCUT2D eigenvalue weighted by Gasteiger charge is 2.22. The van der Waals surface area contributed by atoms with Gasteiger partial charge in [0, 0.05) is 12.1 Å². The number of nitrogens with zero attached hydrogens (tertiary/aromatic N) is 2. The van der Waals surface area contributed by atoms with Crippen molar-refractivity contribution in [2.45, 2.75) is 0 Å². The Labute approximate surface area is 126 Å². The highest BCUT2D eigenvalue weighted by molar-refractivity contribution is 5.92. The van der Waals surface area contributed by atoms with E-state index in [-0.39, 0.29) is 0 Å². The van der Waals surface area contributed by atoms with Gasteiger partial charge in [-0.2, -0.15) is 4.39 Å². The Bertz CT molecular complexity index is 792. The van der Waals surface area contributed by atoms with Crippen LogP contribution in [0.15, 0.2) is 36.4 Å². The Kier molecular flexibility index (Phi) is 4.25. The number of rotatable bonds is 4. The zero-order chi connectivity index (χ0) is 17.1. The van der Waals surface area contributed by atoms with Crippen molar-refractivity contribution in [1.29, 1.82) is 0 Å². The lowest BCUT2D eigenvalue weighted by Gasteiger charge is -2.06. The number of hydrogen-bond donors (Lipinski definition) is 0. The van der Waals surface area contributed by atoms with Gasteiger partial charge in [0.05, 0.1) is 21.5 Å². The molecule has 0 radical (unpaired) electrons. The number of carbonyl (C=O) groups excluding carboxylic acids is 1. The van der Waals surface area contributed by atoms with Crippen LogP contribution in [0.2, 0.25) is 0 Å². The molecular weight excluding hydrogens is 318 g/mol. The Balaban J connectivity index is 2.40. The standard InChI is InChI=1S/C13H6F2N2O6/c14-10-2-1-3-11(12(10)15)23-13(18)7-4-8(16(19)20)6-9(5-7)17(21)22/h1-6H. The molecule has 118 valence electrons. The molecule has 0 atom stereocenters. The highest BCUT2D eigenvalue weighted by atomic mass is 19.2. The van der Waals surface area contributed by atoms with Crippen LogP contribution in [0.25, 0.3) is 0 Å². The summed E-state index contributed by atoms with van der Waals surface area (Å²) < 4.78 is 31.0. The maximum Gasteiger partial charge on any atom is 0.344 e. The van der Waals surface area contributed by atoms with Crippen molar-refractivity contribution in [1.82, 2.24) is 0 Å². The molecule has 23 heavy (non-hydrogen) atoms. The Morgan fingerprint density at radius 2 is 1.57 bits per heavy atom. The van der Waals surface area contributed by atoms with Crippen molar-refractivity contribution in [3.05, 3.63) is 73.8 Å². The van der Waals surface area contributed by atoms with Gasteiger partial charge in [-0.05, 0) is 12.1 Å². The van der Waals surface area contributed by atoms with Crippen molar-refractivity contribution in [2.24, 2.45) is 0 Å². The number of carbonyl (C=O) groups is 1. The summed E-state index contributed by atoms with van der Waals surface area (Å²) in [6.07, 6.45) is 0. The molecule has 2 rings (SSSR count). The minimum Gasteiger partial charge on any atom is -0.420 e. The molecule has 0 N–H and O–H groups in total. The molecule has 0 amide bonds. The lowest BCUT2D eigenvalue weighted by Crippen LogP contribution is -2.11. The van der Waals surface area contributed by atoms with E-state index in [9.17, 15) is 33.8 Å². The van der Waals surface area contributed by atoms with Crippen molar-refractivity contribution < 1.29 is 28.2 Å². The van der Waals surface area contributed by atoms with Crippen molar-refractivity contribution >= 4 is 17.3 Å². The van der Waals surface area contributed by atoms with E-state index in [4.69, 9.17) is 0 Å². The average Bonchev–Trinajstić information content (AvgIpc) is 2.51. The van der Waals surface area contributed by atoms with E-state index in [1.54, 1.807) is 0 Å². The van der Waals surface area contributed by atoms with Crippen LogP contribution in [-0.2, 0) is 0 Å². The summed E-state index contributed by atoms with van der Waals surface area (Å²) in [7, 11) is 0. The average molecular weight is 324 g/mol. The lowest BCUT2D eigenvalue weighted by atomic mass is 10.2. The van der Waals surface area contributed by atoms with E-state index >= 15 is 0 Å². The maximum absolute atomic E-state index is 13.4. The van der Waals surface area contributed by atoms with Crippen LogP contribution in [0.3, 0.4) is 0 Å². The first-order valence-electron chi connectivity index (χ1n) is 5.89. The van der Waals surface area contributed by atoms with Gasteiger partial charge in [0.25, 0.3) is 11.4 Å². The van der Waals surface area contributed by atoms with E-state index in [2.05, 4.69) is 4.74 Å². The summed E-state index contributed by atoms with van der Waals surface area (Å²) in [5.41, 5.74) is -1.98. The SMILES string of the molecule is O=C(Oc1cccc(F)c1F)c1cc([N+](=O)[O-])cc([N+](=O)[O-])c1. The molecule has 2 aromatic rings. The van der Waals surface area contributed by atoms with E-state index in [0.29, 0.717) is 6.07 Å². The van der Waals surface area contributed by atoms with Crippen molar-refractivity contribution in [3.63, 3.8) is 0 Å². The number of ether oxygens (including phenoxy) is 1. The Morgan fingerprint density at radius 3 is 2.09 bits per heavy atom. The van der Waals surface area contributed by atoms with Crippen LogP contribution in [0, 0.1) is 31.9 Å². The van der Waals surface area contributed by atoms with Crippen LogP contribution in [-0.4, -0.2) is 15.8 Å². The molecule has 0 saturated heterocycles. The van der Waals surface area contributed by atoms with Crippen LogP contribution < -0.4 is 4.74 Å². The van der Waals surface area contributed by atoms with Gasteiger partial charge < -0.3 is 4.74 Å². The molecule has 0 spiro atoms. The monoisotopic (exact) mass is 324 g/mol. The van der Waals surface area contributed by atoms with Gasteiger partial charge in [-0.25, -0.2) is 9.18 Å². The fraction of sp³-hybridized carbons (Fsp3) is 0. The highest BCUT2D eigenvalue weighted by Crippen LogP contribution is 2.25. The van der Waals surface area contributed by atoms with Crippen LogP contribution in [0.1, 0.15) is 10.4 Å². The smallest absolute Gasteiger partial charge is 0.344 e. The minimum absolute atomic E-state index is 0.547. The summed E-state index contributed by atoms with van der Waals surface area (Å²) in [6.45, 7) is 0. The quantitative estimate of drug-likeness (QED) is 0.370. The predicted molar refractivity (Wildman–Crippen MR) is 71.1 cm³/mol. The van der Waals surface area contributed by atoms with Crippen LogP contribution in [0.4, 0.5) is 20.2 Å². The number of esters is 1. The van der Waals surface area contributed by atoms with Crippen molar-refractivity contribution in [2.75, 3.05) is 0 Å². The van der Waals surface area contributed by atoms with E-state index in [1.165, 1.54) is 0 Å². The number of nitro benzene ring substituents is 2. The second-order valence-electron chi connectivity index (χ2n) is 4.19. The zero-order valence-corrected chi connectivity index (χ0v) is 11.1. The van der Waals surface area contributed by atoms with Crippen LogP contribution in [0.5, 0.6) is 5.75 Å². The molecule has 0 heterocycles. The molecule has 10 heteroatoms. The topological polar surface area (TPSA) is 113 Å². The van der Waals surface area contributed by atoms with Gasteiger partial charge in [-0.1, -0.05) is 6.07 Å². The molecule has 0 aliphatic heterocycles. The summed E-state index contributed by atoms with van der Waals surface area (Å²) in [6, 6.07) is 4.95. The van der Waals surface area contributed by atoms with Gasteiger partial charge in [-0.3, -0.25) is 20.2 Å². The summed E-state index contributed by atoms with van der Waals surface area (Å²) in [5, 5.41) is 21.5. The number of benzene rings is 2. The molecule has 0 unspecified atom stereocenters. The van der Waals surface area contributed by atoms with E-state index in [1.807, 2.05) is 0 Å². The predicted octanol–water partition coefficient (Wildman–Crippen LogP) is 3.00. The number of nitro groups is 2. The minimum atomic E-state index is -1.43. The van der Waals surface area contributed by atoms with Gasteiger partial charge in [0.1, 0.15) is 0 Å². The number of hydrogen-bond acceptors (Lipinski definition) is 6. The van der Waals surface area contributed by atoms with Gasteiger partial charge >= 0.3 is 5.97 Å². The number of non-ortho nitro benzene ring substituents is 2. The fourth-order valence-corrected chi connectivity index (χ4v) is 1.65. The van der Waals surface area contributed by atoms with E-state index < -0.39 is 50.1 Å². The van der Waals surface area contributed by atoms with Crippen molar-refractivity contribution in [3.8, 4) is 5.75 Å². The van der Waals surface area contributed by atoms with Gasteiger partial charge in [-0.15, -0.1) is 0 Å². The lowest BCUT2D eigenvalue weighted by molar-refractivity contribution is -0.394. The third-order valence-corrected chi connectivity index (χ3v) is 2.68. The summed E-state index contributed by atoms with van der Waals surface area (Å²) in [4.78, 5) is 31.5. The Hall–Kier alpha value is -3.43. The Morgan fingerprint density at radius 1 is 1.00 bits per heavy atom. The molecule has 0 aromatic heterocycles. The van der Waals surface area contributed by atoms with Crippen LogP contribution >= 0.6 is 0 Å². The van der Waals surface area contributed by atoms with Gasteiger partial charge in [0.2, 0.25) is 5.82 Å². The summed E-state index contributed by atoms with van der Waals surface area (Å²) >= 11 is 0. The third-order valence-electron chi connectivity index (χ3n) is 2.68. The zero-order valence-electron chi connectivity index (χ0n) is 11.1. The first-order chi connectivity index (χ1) is 10.8. The molecule has 0 aliphatic carbocycles. The fourth-order valence-electron chi connectivity index (χ4n) is 1.65. The largest absolute Gasteiger partial charge is 0.420 e. The molecular formula is C13H6F2N2O6. The molecule has 0 saturated carbocycles. The first-order valence-corrected chi connectivity index (χ1v) is 5.89. The summed E-state index contributed by atoms with van der Waals surface area (Å²) in [5.74, 6) is -4.74. The third kappa shape index (κ3) is 3.43. The van der Waals surface area contributed by atoms with Gasteiger partial charge in [0.15, 0.2) is 11.6 Å². The normalized spacial score (nSPS) is 10.2.